The number of nitrogens with one attached hydrogen (secondary N) is 1. The van der Waals surface area contributed by atoms with Crippen LogP contribution in [0.4, 0.5) is 10.1 Å². The van der Waals surface area contributed by atoms with Crippen LogP contribution in [0.2, 0.25) is 0 Å². The van der Waals surface area contributed by atoms with Crippen molar-refractivity contribution in [2.45, 2.75) is 12.8 Å². The second-order valence-corrected chi connectivity index (χ2v) is 4.20. The SMILES string of the molecule is O=C(CCc1ccccc1)Nc1ccc(O)c(F)c1. The Kier molecular flexibility index (Phi) is 4.13. The molecule has 0 aliphatic rings. The highest BCUT2D eigenvalue weighted by molar-refractivity contribution is 5.90. The van der Waals surface area contributed by atoms with E-state index in [2.05, 4.69) is 5.32 Å². The first kappa shape index (κ1) is 13.1. The zero-order valence-electron chi connectivity index (χ0n) is 10.3. The Morgan fingerprint density at radius 2 is 1.89 bits per heavy atom. The van der Waals surface area contributed by atoms with Crippen LogP contribution in [-0.2, 0) is 11.2 Å². The van der Waals surface area contributed by atoms with E-state index in [1.165, 1.54) is 12.1 Å². The van der Waals surface area contributed by atoms with Crippen LogP contribution < -0.4 is 5.32 Å². The third kappa shape index (κ3) is 3.81. The molecule has 0 heterocycles. The summed E-state index contributed by atoms with van der Waals surface area (Å²) in [5, 5.41) is 11.6. The van der Waals surface area contributed by atoms with Gasteiger partial charge < -0.3 is 10.4 Å². The molecule has 2 aromatic carbocycles. The van der Waals surface area contributed by atoms with Crippen molar-refractivity contribution in [3.63, 3.8) is 0 Å². The van der Waals surface area contributed by atoms with Crippen LogP contribution in [0.1, 0.15) is 12.0 Å². The van der Waals surface area contributed by atoms with E-state index in [0.717, 1.165) is 11.6 Å². The van der Waals surface area contributed by atoms with Crippen LogP contribution >= 0.6 is 0 Å². The van der Waals surface area contributed by atoms with Gasteiger partial charge in [-0.15, -0.1) is 0 Å². The molecule has 98 valence electrons. The Hall–Kier alpha value is -2.36. The minimum Gasteiger partial charge on any atom is -0.505 e. The summed E-state index contributed by atoms with van der Waals surface area (Å²) in [5.74, 6) is -1.36. The van der Waals surface area contributed by atoms with Crippen molar-refractivity contribution in [1.82, 2.24) is 0 Å². The van der Waals surface area contributed by atoms with Gasteiger partial charge in [-0.2, -0.15) is 0 Å². The molecule has 4 heteroatoms. The van der Waals surface area contributed by atoms with Gasteiger partial charge in [0.15, 0.2) is 11.6 Å². The van der Waals surface area contributed by atoms with E-state index < -0.39 is 11.6 Å². The molecule has 0 bridgehead atoms. The maximum Gasteiger partial charge on any atom is 0.224 e. The van der Waals surface area contributed by atoms with Gasteiger partial charge in [0.05, 0.1) is 0 Å². The predicted octanol–water partition coefficient (Wildman–Crippen LogP) is 3.10. The van der Waals surface area contributed by atoms with Gasteiger partial charge >= 0.3 is 0 Å². The van der Waals surface area contributed by atoms with Crippen molar-refractivity contribution in [3.8, 4) is 5.75 Å². The molecule has 0 atom stereocenters. The second-order valence-electron chi connectivity index (χ2n) is 4.20. The number of benzene rings is 2. The van der Waals surface area contributed by atoms with Crippen LogP contribution in [0.5, 0.6) is 5.75 Å². The number of anilines is 1. The quantitative estimate of drug-likeness (QED) is 0.829. The van der Waals surface area contributed by atoms with E-state index in [0.29, 0.717) is 18.5 Å². The third-order valence-corrected chi connectivity index (χ3v) is 2.72. The van der Waals surface area contributed by atoms with Gasteiger partial charge in [-0.25, -0.2) is 4.39 Å². The molecular weight excluding hydrogens is 245 g/mol. The Morgan fingerprint density at radius 1 is 1.16 bits per heavy atom. The lowest BCUT2D eigenvalue weighted by Gasteiger charge is -2.06. The number of hydrogen-bond acceptors (Lipinski definition) is 2. The lowest BCUT2D eigenvalue weighted by Crippen LogP contribution is -2.12. The number of amides is 1. The van der Waals surface area contributed by atoms with Crippen LogP contribution in [0, 0.1) is 5.82 Å². The van der Waals surface area contributed by atoms with Crippen molar-refractivity contribution in [3.05, 3.63) is 59.9 Å². The van der Waals surface area contributed by atoms with E-state index in [4.69, 9.17) is 5.11 Å². The molecule has 2 rings (SSSR count). The summed E-state index contributed by atoms with van der Waals surface area (Å²) in [5.41, 5.74) is 1.42. The zero-order valence-corrected chi connectivity index (χ0v) is 10.3. The molecule has 0 radical (unpaired) electrons. The fraction of sp³-hybridized carbons (Fsp3) is 0.133. The number of aryl methyl sites for hydroxylation is 1. The largest absolute Gasteiger partial charge is 0.505 e. The highest BCUT2D eigenvalue weighted by Gasteiger charge is 2.06. The zero-order chi connectivity index (χ0) is 13.7. The highest BCUT2D eigenvalue weighted by atomic mass is 19.1. The number of hydrogen-bond donors (Lipinski definition) is 2. The average Bonchev–Trinajstić information content (AvgIpc) is 2.42. The van der Waals surface area contributed by atoms with Gasteiger partial charge in [-0.1, -0.05) is 30.3 Å². The molecule has 0 spiro atoms. The molecule has 2 aromatic rings. The fourth-order valence-corrected chi connectivity index (χ4v) is 1.71. The normalized spacial score (nSPS) is 10.2. The Morgan fingerprint density at radius 3 is 2.58 bits per heavy atom. The number of phenolic OH excluding ortho intramolecular Hbond substituents is 1. The van der Waals surface area contributed by atoms with Gasteiger partial charge in [-0.3, -0.25) is 4.79 Å². The molecule has 0 aromatic heterocycles. The van der Waals surface area contributed by atoms with Crippen molar-refractivity contribution in [2.75, 3.05) is 5.32 Å². The topological polar surface area (TPSA) is 49.3 Å². The maximum atomic E-state index is 13.1. The predicted molar refractivity (Wildman–Crippen MR) is 71.5 cm³/mol. The Bertz CT molecular complexity index is 570. The van der Waals surface area contributed by atoms with E-state index in [1.54, 1.807) is 0 Å². The van der Waals surface area contributed by atoms with Crippen LogP contribution in [0.3, 0.4) is 0 Å². The summed E-state index contributed by atoms with van der Waals surface area (Å²) in [6, 6.07) is 13.4. The van der Waals surface area contributed by atoms with Crippen molar-refractivity contribution in [1.29, 1.82) is 0 Å². The summed E-state index contributed by atoms with van der Waals surface area (Å²) in [7, 11) is 0. The van der Waals surface area contributed by atoms with Crippen LogP contribution in [0.25, 0.3) is 0 Å². The number of phenols is 1. The first-order valence-electron chi connectivity index (χ1n) is 5.97. The Balaban J connectivity index is 1.89. The van der Waals surface area contributed by atoms with Crippen molar-refractivity contribution in [2.24, 2.45) is 0 Å². The van der Waals surface area contributed by atoms with Gasteiger partial charge in [0.2, 0.25) is 5.91 Å². The molecule has 19 heavy (non-hydrogen) atoms. The summed E-state index contributed by atoms with van der Waals surface area (Å²) in [6.45, 7) is 0. The van der Waals surface area contributed by atoms with E-state index >= 15 is 0 Å². The second kappa shape index (κ2) is 6.00. The van der Waals surface area contributed by atoms with Crippen molar-refractivity contribution >= 4 is 11.6 Å². The summed E-state index contributed by atoms with van der Waals surface area (Å²) < 4.78 is 13.1. The highest BCUT2D eigenvalue weighted by Crippen LogP contribution is 2.19. The minimum atomic E-state index is -0.749. The number of aromatic hydroxyl groups is 1. The van der Waals surface area contributed by atoms with Crippen LogP contribution in [-0.4, -0.2) is 11.0 Å². The molecule has 0 saturated carbocycles. The maximum absolute atomic E-state index is 13.1. The molecular formula is C15H14FNO2. The first-order chi connectivity index (χ1) is 9.15. The fourth-order valence-electron chi connectivity index (χ4n) is 1.71. The monoisotopic (exact) mass is 259 g/mol. The van der Waals surface area contributed by atoms with Gasteiger partial charge in [-0.05, 0) is 24.1 Å². The van der Waals surface area contributed by atoms with E-state index in [9.17, 15) is 9.18 Å². The molecule has 0 aliphatic carbocycles. The number of halogens is 1. The van der Waals surface area contributed by atoms with Gasteiger partial charge in [0.1, 0.15) is 0 Å². The smallest absolute Gasteiger partial charge is 0.224 e. The number of carbonyl (C=O) groups excluding carboxylic acids is 1. The molecule has 0 aliphatic heterocycles. The number of rotatable bonds is 4. The third-order valence-electron chi connectivity index (χ3n) is 2.72. The summed E-state index contributed by atoms with van der Waals surface area (Å²) in [4.78, 5) is 11.7. The lowest BCUT2D eigenvalue weighted by molar-refractivity contribution is -0.116. The average molecular weight is 259 g/mol. The summed E-state index contributed by atoms with van der Waals surface area (Å²) >= 11 is 0. The summed E-state index contributed by atoms with van der Waals surface area (Å²) in [6.07, 6.45) is 0.958. The molecule has 2 N–H and O–H groups in total. The molecule has 0 saturated heterocycles. The van der Waals surface area contributed by atoms with E-state index in [1.807, 2.05) is 30.3 Å². The standard InChI is InChI=1S/C15H14FNO2/c16-13-10-12(7-8-14(13)18)17-15(19)9-6-11-4-2-1-3-5-11/h1-5,7-8,10,18H,6,9H2,(H,17,19). The molecule has 1 amide bonds. The Labute approximate surface area is 110 Å². The number of carbonyl (C=O) groups is 1. The minimum absolute atomic E-state index is 0.186. The van der Waals surface area contributed by atoms with Crippen molar-refractivity contribution < 1.29 is 14.3 Å². The molecule has 3 nitrogen and oxygen atoms in total. The molecule has 0 fully saturated rings. The van der Waals surface area contributed by atoms with Gasteiger partial charge in [0, 0.05) is 18.2 Å². The van der Waals surface area contributed by atoms with Gasteiger partial charge in [0.25, 0.3) is 0 Å². The lowest BCUT2D eigenvalue weighted by atomic mass is 10.1. The molecule has 0 unspecified atom stereocenters. The van der Waals surface area contributed by atoms with E-state index in [-0.39, 0.29) is 5.91 Å². The van der Waals surface area contributed by atoms with Crippen LogP contribution in [0.15, 0.2) is 48.5 Å². The first-order valence-corrected chi connectivity index (χ1v) is 5.97.